The van der Waals surface area contributed by atoms with Gasteiger partial charge in [0.25, 0.3) is 0 Å². The van der Waals surface area contributed by atoms with Crippen LogP contribution in [-0.2, 0) is 18.4 Å². The van der Waals surface area contributed by atoms with Crippen LogP contribution in [0.25, 0.3) is 0 Å². The molecular weight excluding hydrogens is 978 g/mol. The van der Waals surface area contributed by atoms with Crippen LogP contribution in [0.3, 0.4) is 0 Å². The number of nitrogens with one attached hydrogen (secondary N) is 1. The number of hydrogen-bond donors (Lipinski definition) is 8. The molecule has 1 aliphatic carbocycles. The fraction of sp³-hybridized carbons (Fsp3) is 0.984. The number of hydrogen-bond acceptors (Lipinski definition) is 10. The van der Waals surface area contributed by atoms with Gasteiger partial charge < -0.3 is 40.8 Å². The number of carbonyl (C=O) groups excluding carboxylic acids is 1. The number of rotatable bonds is 58. The van der Waals surface area contributed by atoms with Crippen molar-refractivity contribution in [1.29, 1.82) is 0 Å². The summed E-state index contributed by atoms with van der Waals surface area (Å²) in [5.74, 6) is -0.299. The van der Waals surface area contributed by atoms with Gasteiger partial charge in [-0.3, -0.25) is 13.8 Å². The monoisotopic (exact) mass is 1100 g/mol. The van der Waals surface area contributed by atoms with Gasteiger partial charge >= 0.3 is 7.82 Å². The zero-order valence-electron chi connectivity index (χ0n) is 49.6. The summed E-state index contributed by atoms with van der Waals surface area (Å²) in [6.45, 7) is 3.96. The minimum absolute atomic E-state index is 0.244. The molecule has 1 amide bonds. The van der Waals surface area contributed by atoms with Crippen molar-refractivity contribution in [2.45, 2.75) is 390 Å². The number of phosphoric ester groups is 1. The highest BCUT2D eigenvalue weighted by Gasteiger charge is 2.51. The molecular formula is C63H126NO11P. The maximum absolute atomic E-state index is 13.1. The van der Waals surface area contributed by atoms with Crippen molar-refractivity contribution < 1.29 is 53.9 Å². The normalized spacial score (nSPS) is 20.5. The Bertz CT molecular complexity index is 1280. The molecule has 0 saturated heterocycles. The highest BCUT2D eigenvalue weighted by molar-refractivity contribution is 7.47. The molecule has 12 nitrogen and oxygen atoms in total. The molecule has 0 aromatic rings. The number of carbonyl (C=O) groups is 1. The quantitative estimate of drug-likeness (QED) is 0.0212. The zero-order valence-corrected chi connectivity index (χ0v) is 50.5. The Morgan fingerprint density at radius 1 is 0.395 bits per heavy atom. The molecule has 0 heterocycles. The van der Waals surface area contributed by atoms with Crippen molar-refractivity contribution in [2.75, 3.05) is 6.61 Å². The van der Waals surface area contributed by atoms with Gasteiger partial charge in [-0.1, -0.05) is 322 Å². The molecule has 1 saturated carbocycles. The third kappa shape index (κ3) is 42.2. The van der Waals surface area contributed by atoms with Gasteiger partial charge in [0.05, 0.1) is 18.8 Å². The van der Waals surface area contributed by atoms with E-state index in [1.807, 2.05) is 0 Å². The van der Waals surface area contributed by atoms with E-state index >= 15 is 0 Å². The van der Waals surface area contributed by atoms with Gasteiger partial charge in [-0.15, -0.1) is 0 Å². The number of unbranched alkanes of at least 4 members (excludes halogenated alkanes) is 47. The molecule has 1 fully saturated rings. The van der Waals surface area contributed by atoms with Crippen LogP contribution >= 0.6 is 7.82 Å². The zero-order chi connectivity index (χ0) is 55.6. The molecule has 6 unspecified atom stereocenters. The average molecular weight is 1100 g/mol. The Labute approximate surface area is 467 Å². The third-order valence-corrected chi connectivity index (χ3v) is 17.4. The van der Waals surface area contributed by atoms with Crippen LogP contribution in [0.2, 0.25) is 0 Å². The van der Waals surface area contributed by atoms with Crippen LogP contribution in [0.4, 0.5) is 0 Å². The van der Waals surface area contributed by atoms with Crippen LogP contribution in [0, 0.1) is 0 Å². The largest absolute Gasteiger partial charge is 0.472 e. The lowest BCUT2D eigenvalue weighted by atomic mass is 9.85. The standard InChI is InChI=1S/C63H126NO11P/c1-3-5-7-9-11-13-15-17-19-21-22-23-24-25-26-27-28-29-30-31-32-33-34-35-36-37-39-41-43-45-47-49-51-53-57(66)64-55(54-74-76(72,73)75-63-61(70)59(68)58(67)60(69)62(63)71)56(65)52-50-48-46-44-42-40-38-20-18-16-14-12-10-8-6-4-2/h55-56,58-63,65,67-71H,3-54H2,1-2H3,(H,64,66)(H,72,73)/t55-,56+,58?,59+,60?,61?,62?,63?/m0/s1. The first-order chi connectivity index (χ1) is 36.9. The van der Waals surface area contributed by atoms with Crippen molar-refractivity contribution in [2.24, 2.45) is 0 Å². The van der Waals surface area contributed by atoms with E-state index < -0.39 is 63.2 Å². The van der Waals surface area contributed by atoms with E-state index in [4.69, 9.17) is 9.05 Å². The van der Waals surface area contributed by atoms with E-state index in [9.17, 15) is 44.9 Å². The summed E-state index contributed by atoms with van der Waals surface area (Å²) >= 11 is 0. The van der Waals surface area contributed by atoms with Crippen LogP contribution in [-0.4, -0.2) is 96.8 Å². The van der Waals surface area contributed by atoms with E-state index in [2.05, 4.69) is 19.2 Å². The van der Waals surface area contributed by atoms with E-state index in [-0.39, 0.29) is 12.3 Å². The van der Waals surface area contributed by atoms with Crippen LogP contribution in [0.1, 0.15) is 341 Å². The summed E-state index contributed by atoms with van der Waals surface area (Å²) in [5.41, 5.74) is 0. The van der Waals surface area contributed by atoms with Crippen LogP contribution in [0.5, 0.6) is 0 Å². The molecule has 9 atom stereocenters. The topological polar surface area (TPSA) is 206 Å². The first kappa shape index (κ1) is 73.4. The second kappa shape index (κ2) is 52.4. The number of amides is 1. The summed E-state index contributed by atoms with van der Waals surface area (Å²) in [6.07, 6.45) is 51.7. The lowest BCUT2D eigenvalue weighted by Crippen LogP contribution is -2.64. The van der Waals surface area contributed by atoms with Gasteiger partial charge in [-0.05, 0) is 12.8 Å². The first-order valence-corrected chi connectivity index (χ1v) is 34.5. The third-order valence-electron chi connectivity index (χ3n) is 16.4. The van der Waals surface area contributed by atoms with Crippen molar-refractivity contribution in [3.05, 3.63) is 0 Å². The molecule has 8 N–H and O–H groups in total. The molecule has 0 bridgehead atoms. The van der Waals surface area contributed by atoms with Crippen molar-refractivity contribution in [1.82, 2.24) is 5.32 Å². The molecule has 76 heavy (non-hydrogen) atoms. The van der Waals surface area contributed by atoms with E-state index in [1.54, 1.807) is 0 Å². The van der Waals surface area contributed by atoms with Gasteiger partial charge in [0.2, 0.25) is 5.91 Å². The molecule has 1 rings (SSSR count). The summed E-state index contributed by atoms with van der Waals surface area (Å²) in [6, 6.07) is -1.03. The molecule has 454 valence electrons. The minimum Gasteiger partial charge on any atom is -0.391 e. The molecule has 0 aliphatic heterocycles. The van der Waals surface area contributed by atoms with Crippen molar-refractivity contribution in [3.63, 3.8) is 0 Å². The molecule has 1 aliphatic rings. The molecule has 13 heteroatoms. The van der Waals surface area contributed by atoms with Crippen molar-refractivity contribution in [3.8, 4) is 0 Å². The Hall–Kier alpha value is -0.660. The summed E-state index contributed by atoms with van der Waals surface area (Å²) in [7, 11) is -5.06. The Morgan fingerprint density at radius 3 is 0.908 bits per heavy atom. The SMILES string of the molecule is CCCCCCCCCCCCCCCCCCCCCCCCCCCCCCCCCCCC(=O)N[C@@H](COP(=O)(O)OC1C(O)C(O)C(O)[C@@H](O)C1O)[C@H](O)CCCCCCCCCCCCCCCCCC. The number of phosphoric acid groups is 1. The maximum atomic E-state index is 13.1. The average Bonchev–Trinajstić information content (AvgIpc) is 3.41. The molecule has 0 aromatic heterocycles. The fourth-order valence-electron chi connectivity index (χ4n) is 11.1. The van der Waals surface area contributed by atoms with Gasteiger partial charge in [-0.2, -0.15) is 0 Å². The Kier molecular flexibility index (Phi) is 50.6. The molecule has 0 spiro atoms. The second-order valence-corrected chi connectivity index (χ2v) is 25.1. The predicted octanol–water partition coefficient (Wildman–Crippen LogP) is 16.1. The lowest BCUT2D eigenvalue weighted by Gasteiger charge is -2.41. The summed E-state index contributed by atoms with van der Waals surface area (Å²) in [5, 5.41) is 64.6. The highest BCUT2D eigenvalue weighted by atomic mass is 31.2. The van der Waals surface area contributed by atoms with Gasteiger partial charge in [0.1, 0.15) is 36.6 Å². The highest BCUT2D eigenvalue weighted by Crippen LogP contribution is 2.47. The minimum atomic E-state index is -5.06. The van der Waals surface area contributed by atoms with E-state index in [1.165, 1.54) is 263 Å². The van der Waals surface area contributed by atoms with Crippen LogP contribution in [0.15, 0.2) is 0 Å². The van der Waals surface area contributed by atoms with E-state index in [0.717, 1.165) is 38.5 Å². The Balaban J connectivity index is 2.17. The van der Waals surface area contributed by atoms with Gasteiger partial charge in [-0.25, -0.2) is 4.57 Å². The maximum Gasteiger partial charge on any atom is 0.472 e. The summed E-state index contributed by atoms with van der Waals surface area (Å²) in [4.78, 5) is 23.6. The molecule has 0 aromatic carbocycles. The summed E-state index contributed by atoms with van der Waals surface area (Å²) < 4.78 is 23.2. The van der Waals surface area contributed by atoms with E-state index in [0.29, 0.717) is 19.3 Å². The number of aliphatic hydroxyl groups is 6. The predicted molar refractivity (Wildman–Crippen MR) is 315 cm³/mol. The van der Waals surface area contributed by atoms with Gasteiger partial charge in [0.15, 0.2) is 0 Å². The Morgan fingerprint density at radius 2 is 0.632 bits per heavy atom. The van der Waals surface area contributed by atoms with Crippen LogP contribution < -0.4 is 5.32 Å². The van der Waals surface area contributed by atoms with Gasteiger partial charge in [0, 0.05) is 6.42 Å². The van der Waals surface area contributed by atoms with Crippen molar-refractivity contribution >= 4 is 13.7 Å². The molecule has 0 radical (unpaired) electrons. The second-order valence-electron chi connectivity index (χ2n) is 23.7. The lowest BCUT2D eigenvalue weighted by molar-refractivity contribution is -0.220. The smallest absolute Gasteiger partial charge is 0.391 e. The number of aliphatic hydroxyl groups excluding tert-OH is 6. The first-order valence-electron chi connectivity index (χ1n) is 33.0. The fourth-order valence-corrected chi connectivity index (χ4v) is 12.1.